The monoisotopic (exact) mass is 444 g/mol. The Morgan fingerprint density at radius 3 is 2.69 bits per heavy atom. The summed E-state index contributed by atoms with van der Waals surface area (Å²) in [5, 5.41) is 10.6. The number of hydrogen-bond donors (Lipinski definition) is 3. The lowest BCUT2D eigenvalue weighted by Crippen LogP contribution is -2.19. The lowest BCUT2D eigenvalue weighted by Gasteiger charge is -2.22. The van der Waals surface area contributed by atoms with Crippen LogP contribution in [0.3, 0.4) is 0 Å². The van der Waals surface area contributed by atoms with Gasteiger partial charge in [-0.1, -0.05) is 43.3 Å². The molecule has 0 unspecified atom stereocenters. The molecule has 6 nitrogen and oxygen atoms in total. The maximum Gasteiger partial charge on any atom is 0.275 e. The maximum absolute atomic E-state index is 12.5. The van der Waals surface area contributed by atoms with E-state index in [1.807, 2.05) is 48.5 Å². The second kappa shape index (κ2) is 8.67. The Kier molecular flexibility index (Phi) is 5.57. The number of fused-ring (bicyclic) bond motifs is 1. The fraction of sp³-hybridized carbons (Fsp3) is 0.240. The Morgan fingerprint density at radius 2 is 1.94 bits per heavy atom. The molecule has 5 rings (SSSR count). The van der Waals surface area contributed by atoms with E-state index >= 15 is 0 Å². The van der Waals surface area contributed by atoms with Crippen molar-refractivity contribution in [2.45, 2.75) is 37.5 Å². The molecule has 0 radical (unpaired) electrons. The van der Waals surface area contributed by atoms with E-state index in [9.17, 15) is 9.59 Å². The molecule has 0 spiro atoms. The van der Waals surface area contributed by atoms with Gasteiger partial charge in [0.05, 0.1) is 17.0 Å². The molecule has 0 atom stereocenters. The Balaban J connectivity index is 1.44. The van der Waals surface area contributed by atoms with Crippen molar-refractivity contribution in [2.75, 3.05) is 10.6 Å². The summed E-state index contributed by atoms with van der Waals surface area (Å²) in [4.78, 5) is 26.6. The van der Waals surface area contributed by atoms with E-state index in [0.29, 0.717) is 5.57 Å². The molecule has 1 aliphatic carbocycles. The van der Waals surface area contributed by atoms with Crippen LogP contribution in [0.4, 0.5) is 11.4 Å². The van der Waals surface area contributed by atoms with Crippen LogP contribution in [0, 0.1) is 5.92 Å². The summed E-state index contributed by atoms with van der Waals surface area (Å²) in [5.41, 5.74) is 7.63. The zero-order valence-corrected chi connectivity index (χ0v) is 18.6. The van der Waals surface area contributed by atoms with Crippen molar-refractivity contribution in [3.8, 4) is 0 Å². The number of carbonyl (C=O) groups is 2. The minimum atomic E-state index is -0.174. The molecule has 32 heavy (non-hydrogen) atoms. The van der Waals surface area contributed by atoms with Crippen molar-refractivity contribution in [3.05, 3.63) is 71.4 Å². The number of thioether (sulfide) groups is 1. The molecule has 7 heteroatoms. The number of rotatable bonds is 6. The van der Waals surface area contributed by atoms with E-state index < -0.39 is 0 Å². The summed E-state index contributed by atoms with van der Waals surface area (Å²) in [6, 6.07) is 16.0. The number of benzene rings is 2. The van der Waals surface area contributed by atoms with Crippen LogP contribution in [-0.4, -0.2) is 17.5 Å². The van der Waals surface area contributed by atoms with Crippen LogP contribution < -0.4 is 16.1 Å². The molecule has 0 aromatic heterocycles. The predicted octanol–water partition coefficient (Wildman–Crippen LogP) is 5.13. The van der Waals surface area contributed by atoms with Crippen LogP contribution in [0.15, 0.2) is 75.9 Å². The molecule has 2 amide bonds. The Hall–Kier alpha value is -3.32. The number of hydrazone groups is 1. The molecule has 162 valence electrons. The van der Waals surface area contributed by atoms with E-state index in [1.54, 1.807) is 11.8 Å². The first-order valence-electron chi connectivity index (χ1n) is 10.9. The number of allylic oxidation sites excluding steroid dienone is 1. The second-order valence-corrected chi connectivity index (χ2v) is 9.22. The molecule has 0 saturated heterocycles. The third-order valence-electron chi connectivity index (χ3n) is 5.60. The van der Waals surface area contributed by atoms with Crippen molar-refractivity contribution in [2.24, 2.45) is 11.0 Å². The van der Waals surface area contributed by atoms with Gasteiger partial charge in [-0.3, -0.25) is 9.59 Å². The van der Waals surface area contributed by atoms with Gasteiger partial charge in [0.15, 0.2) is 0 Å². The molecular weight excluding hydrogens is 420 g/mol. The van der Waals surface area contributed by atoms with Gasteiger partial charge in [0.1, 0.15) is 0 Å². The molecule has 3 aliphatic rings. The molecule has 3 N–H and O–H groups in total. The summed E-state index contributed by atoms with van der Waals surface area (Å²) in [6.45, 7) is 2.07. The molecular formula is C25H24N4O2S. The average molecular weight is 445 g/mol. The van der Waals surface area contributed by atoms with Gasteiger partial charge >= 0.3 is 0 Å². The Bertz CT molecular complexity index is 1180. The maximum atomic E-state index is 12.5. The molecule has 1 fully saturated rings. The molecule has 2 aliphatic heterocycles. The van der Waals surface area contributed by atoms with Gasteiger partial charge < -0.3 is 10.6 Å². The van der Waals surface area contributed by atoms with Crippen LogP contribution >= 0.6 is 11.8 Å². The fourth-order valence-electron chi connectivity index (χ4n) is 3.80. The highest BCUT2D eigenvalue weighted by Crippen LogP contribution is 2.42. The number of amides is 2. The minimum Gasteiger partial charge on any atom is -0.354 e. The van der Waals surface area contributed by atoms with Crippen molar-refractivity contribution in [1.29, 1.82) is 0 Å². The third kappa shape index (κ3) is 4.21. The van der Waals surface area contributed by atoms with Crippen LogP contribution in [0.2, 0.25) is 0 Å². The smallest absolute Gasteiger partial charge is 0.275 e. The largest absolute Gasteiger partial charge is 0.354 e. The highest BCUT2D eigenvalue weighted by atomic mass is 32.2. The standard InChI is InChI=1S/C25H24N4O2S/c1-2-5-20-23(25(31)29-28-20)21-14-22(18-6-3-4-7-19(18)27-21)32-17-12-10-16(11-13-17)26-24(30)15-8-9-15/h3-4,6-7,10-15,27H,2,5,8-9H2,1H3,(H,26,30)(H,29,31). The number of nitrogens with zero attached hydrogens (tertiary/aromatic N) is 1. The number of nitrogens with one attached hydrogen (secondary N) is 3. The first-order valence-corrected chi connectivity index (χ1v) is 11.7. The third-order valence-corrected chi connectivity index (χ3v) is 6.66. The van der Waals surface area contributed by atoms with E-state index in [1.165, 1.54) is 0 Å². The van der Waals surface area contributed by atoms with E-state index in [4.69, 9.17) is 0 Å². The number of para-hydroxylation sites is 1. The van der Waals surface area contributed by atoms with Gasteiger partial charge in [0.2, 0.25) is 5.91 Å². The molecule has 2 aromatic carbocycles. The SMILES string of the molecule is CCCC1=NNC(=O)C1=C1C=C(Sc2ccc(NC(=O)C3CC3)cc2)c2ccccc2N1. The highest BCUT2D eigenvalue weighted by Gasteiger charge is 2.30. The Labute approximate surface area is 191 Å². The number of hydrogen-bond acceptors (Lipinski definition) is 5. The van der Waals surface area contributed by atoms with Crippen LogP contribution in [0.1, 0.15) is 38.2 Å². The summed E-state index contributed by atoms with van der Waals surface area (Å²) in [7, 11) is 0. The van der Waals surface area contributed by atoms with Crippen molar-refractivity contribution in [1.82, 2.24) is 5.43 Å². The first-order chi connectivity index (χ1) is 15.6. The summed E-state index contributed by atoms with van der Waals surface area (Å²) >= 11 is 1.63. The van der Waals surface area contributed by atoms with Crippen LogP contribution in [0.5, 0.6) is 0 Å². The Morgan fingerprint density at radius 1 is 1.16 bits per heavy atom. The summed E-state index contributed by atoms with van der Waals surface area (Å²) < 4.78 is 0. The number of carbonyl (C=O) groups excluding carboxylic acids is 2. The first kappa shape index (κ1) is 20.6. The zero-order chi connectivity index (χ0) is 22.1. The van der Waals surface area contributed by atoms with Gasteiger partial charge in [-0.15, -0.1) is 0 Å². The van der Waals surface area contributed by atoms with Crippen LogP contribution in [0.25, 0.3) is 4.91 Å². The highest BCUT2D eigenvalue weighted by molar-refractivity contribution is 8.08. The van der Waals surface area contributed by atoms with Gasteiger partial charge in [-0.25, -0.2) is 5.43 Å². The van der Waals surface area contributed by atoms with Crippen LogP contribution in [-0.2, 0) is 9.59 Å². The minimum absolute atomic E-state index is 0.107. The lowest BCUT2D eigenvalue weighted by atomic mass is 10.0. The van der Waals surface area contributed by atoms with E-state index in [0.717, 1.165) is 63.8 Å². The summed E-state index contributed by atoms with van der Waals surface area (Å²) in [6.07, 6.45) is 5.66. The molecule has 2 heterocycles. The zero-order valence-electron chi connectivity index (χ0n) is 17.8. The van der Waals surface area contributed by atoms with Crippen molar-refractivity contribution < 1.29 is 9.59 Å². The molecule has 1 saturated carbocycles. The normalized spacial score (nSPS) is 19.5. The molecule has 2 aromatic rings. The van der Waals surface area contributed by atoms with Crippen molar-refractivity contribution >= 4 is 45.6 Å². The van der Waals surface area contributed by atoms with Crippen molar-refractivity contribution in [3.63, 3.8) is 0 Å². The predicted molar refractivity (Wildman–Crippen MR) is 129 cm³/mol. The average Bonchev–Trinajstić information content (AvgIpc) is 3.59. The lowest BCUT2D eigenvalue weighted by molar-refractivity contribution is -0.117. The van der Waals surface area contributed by atoms with Gasteiger partial charge in [-0.05, 0) is 55.7 Å². The van der Waals surface area contributed by atoms with Gasteiger partial charge in [-0.2, -0.15) is 5.10 Å². The summed E-state index contributed by atoms with van der Waals surface area (Å²) in [5.74, 6) is 0.114. The van der Waals surface area contributed by atoms with Gasteiger partial charge in [0, 0.05) is 32.7 Å². The van der Waals surface area contributed by atoms with E-state index in [2.05, 4.69) is 34.2 Å². The van der Waals surface area contributed by atoms with E-state index in [-0.39, 0.29) is 17.7 Å². The molecule has 0 bridgehead atoms. The van der Waals surface area contributed by atoms with Gasteiger partial charge in [0.25, 0.3) is 5.91 Å². The fourth-order valence-corrected chi connectivity index (χ4v) is 4.79. The number of anilines is 2. The quantitative estimate of drug-likeness (QED) is 0.539. The topological polar surface area (TPSA) is 82.6 Å². The second-order valence-electron chi connectivity index (χ2n) is 8.11.